The van der Waals surface area contributed by atoms with Gasteiger partial charge in [0.05, 0.1) is 6.20 Å². The molecule has 88 valence electrons. The molecule has 2 rings (SSSR count). The molecule has 0 spiro atoms. The van der Waals surface area contributed by atoms with E-state index in [0.717, 1.165) is 12.1 Å². The van der Waals surface area contributed by atoms with Crippen LogP contribution in [0.15, 0.2) is 36.8 Å². The summed E-state index contributed by atoms with van der Waals surface area (Å²) in [6.07, 6.45) is 2.90. The number of ether oxygens (including phenoxy) is 1. The Morgan fingerprint density at radius 1 is 1.41 bits per heavy atom. The maximum absolute atomic E-state index is 5.91. The van der Waals surface area contributed by atoms with Crippen molar-refractivity contribution in [1.82, 2.24) is 15.3 Å². The Morgan fingerprint density at radius 3 is 3.06 bits per heavy atom. The fraction of sp³-hybridized carbons (Fsp3) is 0.167. The average Bonchev–Trinajstić information content (AvgIpc) is 2.33. The molecule has 2 aromatic rings. The Balaban J connectivity index is 2.18. The minimum absolute atomic E-state index is 0.364. The van der Waals surface area contributed by atoms with E-state index in [1.54, 1.807) is 0 Å². The van der Waals surface area contributed by atoms with Gasteiger partial charge in [0.15, 0.2) is 0 Å². The van der Waals surface area contributed by atoms with Gasteiger partial charge in [-0.1, -0.05) is 23.7 Å². The monoisotopic (exact) mass is 249 g/mol. The Labute approximate surface area is 105 Å². The SMILES string of the molecule is CNCc1cccc(Oc2ncncc2Cl)c1. The molecule has 0 aliphatic heterocycles. The molecule has 1 heterocycles. The number of hydrogen-bond acceptors (Lipinski definition) is 4. The van der Waals surface area contributed by atoms with Crippen LogP contribution in [0.4, 0.5) is 0 Å². The van der Waals surface area contributed by atoms with Crippen LogP contribution in [-0.4, -0.2) is 17.0 Å². The minimum atomic E-state index is 0.364. The number of nitrogens with one attached hydrogen (secondary N) is 1. The van der Waals surface area contributed by atoms with Gasteiger partial charge in [-0.15, -0.1) is 0 Å². The van der Waals surface area contributed by atoms with Crippen LogP contribution in [0.3, 0.4) is 0 Å². The molecule has 0 saturated heterocycles. The minimum Gasteiger partial charge on any atom is -0.437 e. The topological polar surface area (TPSA) is 47.0 Å². The summed E-state index contributed by atoms with van der Waals surface area (Å²) >= 11 is 5.91. The van der Waals surface area contributed by atoms with Crippen molar-refractivity contribution in [2.45, 2.75) is 6.54 Å². The lowest BCUT2D eigenvalue weighted by atomic mass is 10.2. The highest BCUT2D eigenvalue weighted by Gasteiger charge is 2.04. The van der Waals surface area contributed by atoms with Gasteiger partial charge in [0.2, 0.25) is 5.88 Å². The number of hydrogen-bond donors (Lipinski definition) is 1. The van der Waals surface area contributed by atoms with Crippen LogP contribution < -0.4 is 10.1 Å². The van der Waals surface area contributed by atoms with Crippen LogP contribution in [0.1, 0.15) is 5.56 Å². The molecule has 1 aromatic heterocycles. The first-order valence-electron chi connectivity index (χ1n) is 5.16. The molecule has 0 radical (unpaired) electrons. The maximum Gasteiger partial charge on any atom is 0.241 e. The molecular formula is C12H12ClN3O. The third kappa shape index (κ3) is 3.15. The number of halogens is 1. The summed E-state index contributed by atoms with van der Waals surface area (Å²) in [5.74, 6) is 1.07. The Bertz CT molecular complexity index is 505. The zero-order valence-electron chi connectivity index (χ0n) is 9.35. The summed E-state index contributed by atoms with van der Waals surface area (Å²) in [6.45, 7) is 0.786. The molecule has 0 aliphatic rings. The number of nitrogens with zero attached hydrogens (tertiary/aromatic N) is 2. The maximum atomic E-state index is 5.91. The molecule has 0 atom stereocenters. The molecule has 4 nitrogen and oxygen atoms in total. The lowest BCUT2D eigenvalue weighted by molar-refractivity contribution is 0.461. The van der Waals surface area contributed by atoms with E-state index in [9.17, 15) is 0 Å². The van der Waals surface area contributed by atoms with Crippen molar-refractivity contribution in [2.75, 3.05) is 7.05 Å². The first-order chi connectivity index (χ1) is 8.29. The largest absolute Gasteiger partial charge is 0.437 e. The summed E-state index contributed by atoms with van der Waals surface area (Å²) in [7, 11) is 1.90. The fourth-order valence-electron chi connectivity index (χ4n) is 1.41. The molecule has 1 N–H and O–H groups in total. The van der Waals surface area contributed by atoms with Gasteiger partial charge in [0.25, 0.3) is 0 Å². The van der Waals surface area contributed by atoms with Gasteiger partial charge >= 0.3 is 0 Å². The number of benzene rings is 1. The van der Waals surface area contributed by atoms with Crippen molar-refractivity contribution < 1.29 is 4.74 Å². The standard InChI is InChI=1S/C12H12ClN3O/c1-14-6-9-3-2-4-10(5-9)17-12-11(13)7-15-8-16-12/h2-5,7-8,14H,6H2,1H3. The lowest BCUT2D eigenvalue weighted by Gasteiger charge is -2.07. The van der Waals surface area contributed by atoms with Crippen molar-refractivity contribution in [3.8, 4) is 11.6 Å². The van der Waals surface area contributed by atoms with E-state index >= 15 is 0 Å². The van der Waals surface area contributed by atoms with Gasteiger partial charge in [-0.25, -0.2) is 9.97 Å². The van der Waals surface area contributed by atoms with Crippen LogP contribution in [-0.2, 0) is 6.54 Å². The van der Waals surface area contributed by atoms with E-state index in [-0.39, 0.29) is 0 Å². The highest BCUT2D eigenvalue weighted by Crippen LogP contribution is 2.26. The molecule has 0 unspecified atom stereocenters. The van der Waals surface area contributed by atoms with Crippen LogP contribution in [0, 0.1) is 0 Å². The first kappa shape index (κ1) is 11.8. The first-order valence-corrected chi connectivity index (χ1v) is 5.54. The van der Waals surface area contributed by atoms with Crippen LogP contribution >= 0.6 is 11.6 Å². The van der Waals surface area contributed by atoms with Crippen molar-refractivity contribution >= 4 is 11.6 Å². The zero-order chi connectivity index (χ0) is 12.1. The second-order valence-corrected chi connectivity index (χ2v) is 3.86. The molecule has 0 fully saturated rings. The Morgan fingerprint density at radius 2 is 2.29 bits per heavy atom. The number of rotatable bonds is 4. The van der Waals surface area contributed by atoms with Gasteiger partial charge in [0, 0.05) is 6.54 Å². The van der Waals surface area contributed by atoms with Gasteiger partial charge in [-0.3, -0.25) is 0 Å². The molecule has 0 saturated carbocycles. The average molecular weight is 250 g/mol. The molecular weight excluding hydrogens is 238 g/mol. The number of aromatic nitrogens is 2. The molecule has 0 amide bonds. The predicted octanol–water partition coefficient (Wildman–Crippen LogP) is 2.64. The third-order valence-corrected chi connectivity index (χ3v) is 2.39. The summed E-state index contributed by atoms with van der Waals surface area (Å²) in [6, 6.07) is 7.74. The lowest BCUT2D eigenvalue weighted by Crippen LogP contribution is -2.04. The second-order valence-electron chi connectivity index (χ2n) is 3.46. The molecule has 0 bridgehead atoms. The van der Waals surface area contributed by atoms with Crippen molar-refractivity contribution in [3.05, 3.63) is 47.4 Å². The summed E-state index contributed by atoms with van der Waals surface area (Å²) in [4.78, 5) is 7.77. The summed E-state index contributed by atoms with van der Waals surface area (Å²) < 4.78 is 5.59. The van der Waals surface area contributed by atoms with E-state index in [1.807, 2.05) is 31.3 Å². The van der Waals surface area contributed by atoms with Crippen LogP contribution in [0.25, 0.3) is 0 Å². The second kappa shape index (κ2) is 5.61. The molecule has 17 heavy (non-hydrogen) atoms. The van der Waals surface area contributed by atoms with E-state index in [0.29, 0.717) is 16.7 Å². The van der Waals surface area contributed by atoms with Gasteiger partial charge in [-0.05, 0) is 24.7 Å². The van der Waals surface area contributed by atoms with Gasteiger partial charge < -0.3 is 10.1 Å². The zero-order valence-corrected chi connectivity index (χ0v) is 10.1. The third-order valence-electron chi connectivity index (χ3n) is 2.13. The van der Waals surface area contributed by atoms with Crippen molar-refractivity contribution in [2.24, 2.45) is 0 Å². The van der Waals surface area contributed by atoms with E-state index in [2.05, 4.69) is 15.3 Å². The molecule has 0 aliphatic carbocycles. The van der Waals surface area contributed by atoms with E-state index < -0.39 is 0 Å². The van der Waals surface area contributed by atoms with Crippen molar-refractivity contribution in [1.29, 1.82) is 0 Å². The summed E-state index contributed by atoms with van der Waals surface area (Å²) in [5.41, 5.74) is 1.13. The van der Waals surface area contributed by atoms with E-state index in [4.69, 9.17) is 16.3 Å². The van der Waals surface area contributed by atoms with Crippen molar-refractivity contribution in [3.63, 3.8) is 0 Å². The van der Waals surface area contributed by atoms with Crippen LogP contribution in [0.2, 0.25) is 5.02 Å². The van der Waals surface area contributed by atoms with Crippen LogP contribution in [0.5, 0.6) is 11.6 Å². The summed E-state index contributed by atoms with van der Waals surface area (Å²) in [5, 5.41) is 3.47. The quantitative estimate of drug-likeness (QED) is 0.905. The Hall–Kier alpha value is -1.65. The van der Waals surface area contributed by atoms with Gasteiger partial charge in [0.1, 0.15) is 17.1 Å². The van der Waals surface area contributed by atoms with Gasteiger partial charge in [-0.2, -0.15) is 0 Å². The van der Waals surface area contributed by atoms with E-state index in [1.165, 1.54) is 12.5 Å². The predicted molar refractivity (Wildman–Crippen MR) is 66.3 cm³/mol. The normalized spacial score (nSPS) is 10.2. The smallest absolute Gasteiger partial charge is 0.241 e. The molecule has 1 aromatic carbocycles. The fourth-order valence-corrected chi connectivity index (χ4v) is 1.55. The highest BCUT2D eigenvalue weighted by atomic mass is 35.5. The molecule has 5 heteroatoms. The Kier molecular flexibility index (Phi) is 3.90. The highest BCUT2D eigenvalue weighted by molar-refractivity contribution is 6.31.